The third-order valence-electron chi connectivity index (χ3n) is 3.03. The van der Waals surface area contributed by atoms with E-state index >= 15 is 0 Å². The smallest absolute Gasteiger partial charge is 0.159 e. The molecule has 20 heavy (non-hydrogen) atoms. The van der Waals surface area contributed by atoms with Gasteiger partial charge in [0.05, 0.1) is 5.54 Å². The number of pyridine rings is 1. The van der Waals surface area contributed by atoms with Gasteiger partial charge in [-0.2, -0.15) is 0 Å². The minimum atomic E-state index is -0.229. The highest BCUT2D eigenvalue weighted by atomic mass is 16.1. The number of nitrogens with one attached hydrogen (secondary N) is 1. The molecule has 0 saturated carbocycles. The van der Waals surface area contributed by atoms with Gasteiger partial charge in [-0.15, -0.1) is 0 Å². The lowest BCUT2D eigenvalue weighted by Crippen LogP contribution is -2.35. The molecule has 0 saturated heterocycles. The highest BCUT2D eigenvalue weighted by Gasteiger charge is 2.19. The van der Waals surface area contributed by atoms with Gasteiger partial charge >= 0.3 is 0 Å². The Balaban J connectivity index is 2.87. The van der Waals surface area contributed by atoms with Crippen molar-refractivity contribution in [3.8, 4) is 0 Å². The molecule has 0 spiro atoms. The van der Waals surface area contributed by atoms with Crippen molar-refractivity contribution >= 4 is 5.78 Å². The van der Waals surface area contributed by atoms with Gasteiger partial charge in [0.1, 0.15) is 0 Å². The molecule has 0 aliphatic heterocycles. The zero-order valence-corrected chi connectivity index (χ0v) is 12.6. The van der Waals surface area contributed by atoms with Crippen molar-refractivity contribution in [2.45, 2.75) is 33.2 Å². The molecule has 0 fully saturated rings. The molecule has 3 heteroatoms. The number of ketones is 1. The summed E-state index contributed by atoms with van der Waals surface area (Å²) in [5, 5.41) is 3.42. The van der Waals surface area contributed by atoms with Crippen molar-refractivity contribution in [3.05, 3.63) is 66.2 Å². The lowest BCUT2D eigenvalue weighted by molar-refractivity contribution is -0.113. The number of aromatic nitrogens is 1. The van der Waals surface area contributed by atoms with E-state index in [0.717, 1.165) is 11.3 Å². The third-order valence-corrected chi connectivity index (χ3v) is 3.03. The highest BCUT2D eigenvalue weighted by molar-refractivity contribution is 5.96. The standard InChI is InChI=1S/C17H22N2O/c1-6-15(14(3)20)10-9-13(2)19-17(4,5)16-8-7-11-18-12-16/h6-12,19H,1H2,2-5H3/b13-9+,15-10+. The molecule has 0 atom stereocenters. The molecule has 0 bridgehead atoms. The minimum absolute atomic E-state index is 0.00979. The average molecular weight is 270 g/mol. The van der Waals surface area contributed by atoms with E-state index in [1.54, 1.807) is 18.3 Å². The van der Waals surface area contributed by atoms with Crippen LogP contribution in [0.2, 0.25) is 0 Å². The van der Waals surface area contributed by atoms with E-state index in [-0.39, 0.29) is 11.3 Å². The Morgan fingerprint density at radius 1 is 1.35 bits per heavy atom. The van der Waals surface area contributed by atoms with Crippen LogP contribution in [0, 0.1) is 0 Å². The van der Waals surface area contributed by atoms with Crippen molar-refractivity contribution in [1.82, 2.24) is 10.3 Å². The van der Waals surface area contributed by atoms with Crippen LogP contribution in [0.1, 0.15) is 33.3 Å². The summed E-state index contributed by atoms with van der Waals surface area (Å²) in [7, 11) is 0. The quantitative estimate of drug-likeness (QED) is 0.635. The molecule has 0 unspecified atom stereocenters. The van der Waals surface area contributed by atoms with Gasteiger partial charge in [0.2, 0.25) is 0 Å². The molecular weight excluding hydrogens is 248 g/mol. The Hall–Kier alpha value is -2.16. The normalized spacial score (nSPS) is 13.0. The minimum Gasteiger partial charge on any atom is -0.380 e. The predicted molar refractivity (Wildman–Crippen MR) is 83.1 cm³/mol. The fraction of sp³-hybridized carbons (Fsp3) is 0.294. The van der Waals surface area contributed by atoms with Gasteiger partial charge < -0.3 is 5.32 Å². The first-order chi connectivity index (χ1) is 9.36. The molecule has 1 aromatic heterocycles. The van der Waals surface area contributed by atoms with Gasteiger partial charge in [-0.1, -0.05) is 18.7 Å². The van der Waals surface area contributed by atoms with E-state index in [1.165, 1.54) is 6.92 Å². The number of rotatable bonds is 6. The molecule has 0 aliphatic rings. The molecule has 0 amide bonds. The summed E-state index contributed by atoms with van der Waals surface area (Å²) in [6.07, 6.45) is 8.83. The third kappa shape index (κ3) is 4.50. The van der Waals surface area contributed by atoms with E-state index < -0.39 is 0 Å². The predicted octanol–water partition coefficient (Wildman–Crippen LogP) is 3.51. The number of hydrogen-bond donors (Lipinski definition) is 1. The Kier molecular flexibility index (Phi) is 5.44. The van der Waals surface area contributed by atoms with Crippen molar-refractivity contribution in [2.75, 3.05) is 0 Å². The van der Waals surface area contributed by atoms with Gasteiger partial charge in [0.15, 0.2) is 5.78 Å². The van der Waals surface area contributed by atoms with Gasteiger partial charge in [0.25, 0.3) is 0 Å². The Labute approximate surface area is 121 Å². The molecule has 106 valence electrons. The number of hydrogen-bond acceptors (Lipinski definition) is 3. The molecule has 3 nitrogen and oxygen atoms in total. The summed E-state index contributed by atoms with van der Waals surface area (Å²) < 4.78 is 0. The van der Waals surface area contributed by atoms with E-state index in [0.29, 0.717) is 5.57 Å². The Morgan fingerprint density at radius 3 is 2.55 bits per heavy atom. The average Bonchev–Trinajstić information content (AvgIpc) is 2.39. The maximum Gasteiger partial charge on any atom is 0.159 e. The second-order valence-corrected chi connectivity index (χ2v) is 5.22. The van der Waals surface area contributed by atoms with Crippen LogP contribution in [0.5, 0.6) is 0 Å². The van der Waals surface area contributed by atoms with Crippen LogP contribution < -0.4 is 5.32 Å². The van der Waals surface area contributed by atoms with Gasteiger partial charge in [-0.05, 0) is 51.5 Å². The SMILES string of the molecule is C=C/C(=C\C=C(/C)NC(C)(C)c1cccnc1)C(C)=O. The molecule has 1 aromatic rings. The van der Waals surface area contributed by atoms with Crippen LogP contribution in [0.25, 0.3) is 0 Å². The van der Waals surface area contributed by atoms with Crippen molar-refractivity contribution in [1.29, 1.82) is 0 Å². The van der Waals surface area contributed by atoms with E-state index in [2.05, 4.69) is 30.7 Å². The lowest BCUT2D eigenvalue weighted by atomic mass is 9.95. The molecule has 1 rings (SSSR count). The summed E-state index contributed by atoms with van der Waals surface area (Å²) in [5.41, 5.74) is 2.45. The van der Waals surface area contributed by atoms with Crippen molar-refractivity contribution in [2.24, 2.45) is 0 Å². The number of allylic oxidation sites excluding steroid dienone is 5. The number of Topliss-reactive ketones (excluding diaryl/α,β-unsaturated/α-hetero) is 1. The molecule has 1 heterocycles. The first kappa shape index (κ1) is 15.9. The topological polar surface area (TPSA) is 42.0 Å². The van der Waals surface area contributed by atoms with E-state index in [9.17, 15) is 4.79 Å². The van der Waals surface area contributed by atoms with E-state index in [4.69, 9.17) is 0 Å². The summed E-state index contributed by atoms with van der Waals surface area (Å²) in [6.45, 7) is 11.3. The van der Waals surface area contributed by atoms with E-state index in [1.807, 2.05) is 31.3 Å². The van der Waals surface area contributed by atoms with Crippen LogP contribution >= 0.6 is 0 Å². The van der Waals surface area contributed by atoms with Crippen LogP contribution in [0.3, 0.4) is 0 Å². The maximum absolute atomic E-state index is 11.3. The summed E-state index contributed by atoms with van der Waals surface area (Å²) in [5.74, 6) is 0.00979. The number of carbonyl (C=O) groups excluding carboxylic acids is 1. The zero-order valence-electron chi connectivity index (χ0n) is 12.6. The second-order valence-electron chi connectivity index (χ2n) is 5.22. The molecule has 1 N–H and O–H groups in total. The molecular formula is C17H22N2O. The monoisotopic (exact) mass is 270 g/mol. The van der Waals surface area contributed by atoms with Crippen LogP contribution in [-0.4, -0.2) is 10.8 Å². The first-order valence-corrected chi connectivity index (χ1v) is 6.57. The summed E-state index contributed by atoms with van der Waals surface area (Å²) in [6, 6.07) is 3.96. The van der Waals surface area contributed by atoms with Crippen LogP contribution in [0.15, 0.2) is 60.6 Å². The fourth-order valence-corrected chi connectivity index (χ4v) is 1.88. The summed E-state index contributed by atoms with van der Waals surface area (Å²) in [4.78, 5) is 15.4. The fourth-order valence-electron chi connectivity index (χ4n) is 1.88. The van der Waals surface area contributed by atoms with Crippen LogP contribution in [0.4, 0.5) is 0 Å². The largest absolute Gasteiger partial charge is 0.380 e. The summed E-state index contributed by atoms with van der Waals surface area (Å²) >= 11 is 0. The number of nitrogens with zero attached hydrogens (tertiary/aromatic N) is 1. The van der Waals surface area contributed by atoms with Gasteiger partial charge in [-0.25, -0.2) is 0 Å². The second kappa shape index (κ2) is 6.85. The van der Waals surface area contributed by atoms with Gasteiger partial charge in [0, 0.05) is 23.7 Å². The molecule has 0 radical (unpaired) electrons. The molecule has 0 aromatic carbocycles. The number of carbonyl (C=O) groups is 1. The van der Waals surface area contributed by atoms with Crippen LogP contribution in [-0.2, 0) is 10.3 Å². The zero-order chi connectivity index (χ0) is 15.2. The highest BCUT2D eigenvalue weighted by Crippen LogP contribution is 2.20. The lowest BCUT2D eigenvalue weighted by Gasteiger charge is -2.28. The molecule has 0 aliphatic carbocycles. The first-order valence-electron chi connectivity index (χ1n) is 6.57. The Morgan fingerprint density at radius 2 is 2.05 bits per heavy atom. The van der Waals surface area contributed by atoms with Gasteiger partial charge in [-0.3, -0.25) is 9.78 Å². The Bertz CT molecular complexity index is 539. The maximum atomic E-state index is 11.3. The van der Waals surface area contributed by atoms with Crippen molar-refractivity contribution < 1.29 is 4.79 Å². The van der Waals surface area contributed by atoms with Crippen molar-refractivity contribution in [3.63, 3.8) is 0 Å².